The molecule has 8 heteroatoms. The quantitative estimate of drug-likeness (QED) is 0.588. The Morgan fingerprint density at radius 3 is 2.65 bits per heavy atom. The smallest absolute Gasteiger partial charge is 0.262 e. The number of sulfonamides is 1. The van der Waals surface area contributed by atoms with Gasteiger partial charge in [-0.1, -0.05) is 0 Å². The summed E-state index contributed by atoms with van der Waals surface area (Å²) in [6.07, 6.45) is 1.32. The second-order valence-electron chi connectivity index (χ2n) is 4.09. The average molecular weight is 296 g/mol. The van der Waals surface area contributed by atoms with Crippen LogP contribution in [0.3, 0.4) is 0 Å². The molecule has 1 aromatic carbocycles. The number of nitrogens with two attached hydrogens (primary N) is 1. The number of aryl methyl sites for hydroxylation is 1. The van der Waals surface area contributed by atoms with Crippen molar-refractivity contribution in [3.05, 3.63) is 47.9 Å². The third kappa shape index (κ3) is 3.03. The molecule has 106 valence electrons. The van der Waals surface area contributed by atoms with Crippen molar-refractivity contribution in [1.29, 1.82) is 0 Å². The van der Waals surface area contributed by atoms with E-state index in [1.165, 1.54) is 36.5 Å². The predicted molar refractivity (Wildman–Crippen MR) is 74.0 cm³/mol. The summed E-state index contributed by atoms with van der Waals surface area (Å²) in [6.45, 7) is 1.55. The Balaban J connectivity index is 2.32. The Morgan fingerprint density at radius 2 is 2.00 bits per heavy atom. The predicted octanol–water partition coefficient (Wildman–Crippen LogP) is 1.62. The maximum atomic E-state index is 13.1. The molecule has 0 saturated carbocycles. The van der Waals surface area contributed by atoms with Gasteiger partial charge < -0.3 is 5.43 Å². The van der Waals surface area contributed by atoms with Crippen LogP contribution in [0.1, 0.15) is 5.56 Å². The van der Waals surface area contributed by atoms with Crippen LogP contribution in [0.25, 0.3) is 0 Å². The SMILES string of the molecule is Cc1cc(NS(=O)(=O)c2ccnc(NN)c2)ccc1F. The Labute approximate surface area is 115 Å². The first-order valence-corrected chi connectivity index (χ1v) is 7.12. The van der Waals surface area contributed by atoms with Crippen LogP contribution in [0, 0.1) is 12.7 Å². The van der Waals surface area contributed by atoms with E-state index in [0.717, 1.165) is 0 Å². The molecule has 0 spiro atoms. The van der Waals surface area contributed by atoms with E-state index in [2.05, 4.69) is 15.1 Å². The van der Waals surface area contributed by atoms with E-state index >= 15 is 0 Å². The van der Waals surface area contributed by atoms with Gasteiger partial charge in [0.05, 0.1) is 4.90 Å². The first kappa shape index (κ1) is 14.2. The number of rotatable bonds is 4. The second-order valence-corrected chi connectivity index (χ2v) is 5.77. The normalized spacial score (nSPS) is 11.2. The molecule has 0 aliphatic rings. The van der Waals surface area contributed by atoms with Gasteiger partial charge in [-0.3, -0.25) is 4.72 Å². The van der Waals surface area contributed by atoms with E-state index in [-0.39, 0.29) is 16.4 Å². The number of benzene rings is 1. The molecule has 0 amide bonds. The van der Waals surface area contributed by atoms with Crippen molar-refractivity contribution in [3.63, 3.8) is 0 Å². The van der Waals surface area contributed by atoms with Crippen LogP contribution in [-0.2, 0) is 10.0 Å². The van der Waals surface area contributed by atoms with Crippen LogP contribution >= 0.6 is 0 Å². The van der Waals surface area contributed by atoms with E-state index in [0.29, 0.717) is 5.56 Å². The average Bonchev–Trinajstić information content (AvgIpc) is 2.43. The molecule has 1 heterocycles. The summed E-state index contributed by atoms with van der Waals surface area (Å²) < 4.78 is 39.8. The van der Waals surface area contributed by atoms with Gasteiger partial charge in [0.15, 0.2) is 0 Å². The van der Waals surface area contributed by atoms with Crippen LogP contribution in [-0.4, -0.2) is 13.4 Å². The van der Waals surface area contributed by atoms with Gasteiger partial charge in [0.25, 0.3) is 10.0 Å². The van der Waals surface area contributed by atoms with Crippen LogP contribution in [0.2, 0.25) is 0 Å². The Morgan fingerprint density at radius 1 is 1.25 bits per heavy atom. The lowest BCUT2D eigenvalue weighted by Crippen LogP contribution is -2.15. The Hall–Kier alpha value is -2.19. The van der Waals surface area contributed by atoms with Gasteiger partial charge >= 0.3 is 0 Å². The molecule has 20 heavy (non-hydrogen) atoms. The number of hydrogen-bond donors (Lipinski definition) is 3. The molecule has 0 aliphatic carbocycles. The molecule has 0 fully saturated rings. The summed E-state index contributed by atoms with van der Waals surface area (Å²) in [5.74, 6) is 5.01. The number of nitrogen functional groups attached to an aromatic ring is 1. The largest absolute Gasteiger partial charge is 0.308 e. The van der Waals surface area contributed by atoms with Gasteiger partial charge in [0.2, 0.25) is 0 Å². The van der Waals surface area contributed by atoms with Crippen LogP contribution in [0.5, 0.6) is 0 Å². The van der Waals surface area contributed by atoms with Gasteiger partial charge in [-0.15, -0.1) is 0 Å². The Kier molecular flexibility index (Phi) is 3.86. The maximum Gasteiger partial charge on any atom is 0.262 e. The van der Waals surface area contributed by atoms with E-state index in [1.54, 1.807) is 6.92 Å². The van der Waals surface area contributed by atoms with Crippen LogP contribution in [0.4, 0.5) is 15.9 Å². The summed E-state index contributed by atoms with van der Waals surface area (Å²) in [7, 11) is -3.78. The van der Waals surface area contributed by atoms with E-state index in [4.69, 9.17) is 5.84 Å². The zero-order valence-electron chi connectivity index (χ0n) is 10.6. The lowest BCUT2D eigenvalue weighted by atomic mass is 10.2. The molecular formula is C12H13FN4O2S. The fourth-order valence-electron chi connectivity index (χ4n) is 1.58. The summed E-state index contributed by atoms with van der Waals surface area (Å²) in [5.41, 5.74) is 2.90. The minimum absolute atomic E-state index is 0.00225. The fourth-order valence-corrected chi connectivity index (χ4v) is 2.64. The maximum absolute atomic E-state index is 13.1. The van der Waals surface area contributed by atoms with Gasteiger partial charge in [0, 0.05) is 18.0 Å². The third-order valence-electron chi connectivity index (χ3n) is 2.60. The summed E-state index contributed by atoms with van der Waals surface area (Å²) >= 11 is 0. The third-order valence-corrected chi connectivity index (χ3v) is 3.98. The van der Waals surface area contributed by atoms with E-state index in [9.17, 15) is 12.8 Å². The molecule has 4 N–H and O–H groups in total. The lowest BCUT2D eigenvalue weighted by molar-refractivity contribution is 0.600. The first-order valence-electron chi connectivity index (χ1n) is 5.64. The monoisotopic (exact) mass is 296 g/mol. The van der Waals surface area contributed by atoms with E-state index in [1.807, 2.05) is 0 Å². The van der Waals surface area contributed by atoms with Crippen molar-refractivity contribution in [3.8, 4) is 0 Å². The lowest BCUT2D eigenvalue weighted by Gasteiger charge is -2.09. The fraction of sp³-hybridized carbons (Fsp3) is 0.0833. The Bertz CT molecular complexity index is 734. The molecule has 0 aliphatic heterocycles. The highest BCUT2D eigenvalue weighted by atomic mass is 32.2. The van der Waals surface area contributed by atoms with Crippen molar-refractivity contribution in [2.75, 3.05) is 10.1 Å². The van der Waals surface area contributed by atoms with Gasteiger partial charge in [0.1, 0.15) is 11.6 Å². The van der Waals surface area contributed by atoms with Crippen molar-refractivity contribution < 1.29 is 12.8 Å². The number of halogens is 1. The molecule has 1 aromatic heterocycles. The standard InChI is InChI=1S/C12H13FN4O2S/c1-8-6-9(2-3-11(8)13)17-20(18,19)10-4-5-15-12(7-10)16-14/h2-7,17H,14H2,1H3,(H,15,16). The van der Waals surface area contributed by atoms with Gasteiger partial charge in [-0.25, -0.2) is 23.6 Å². The zero-order chi connectivity index (χ0) is 14.8. The molecule has 0 unspecified atom stereocenters. The summed E-state index contributed by atoms with van der Waals surface area (Å²) in [5, 5.41) is 0. The molecule has 0 atom stereocenters. The molecule has 2 rings (SSSR count). The van der Waals surface area contributed by atoms with Crippen molar-refractivity contribution in [2.24, 2.45) is 5.84 Å². The minimum atomic E-state index is -3.78. The molecule has 6 nitrogen and oxygen atoms in total. The first-order chi connectivity index (χ1) is 9.42. The number of nitrogens with zero attached hydrogens (tertiary/aromatic N) is 1. The molecule has 2 aromatic rings. The number of pyridine rings is 1. The van der Waals surface area contributed by atoms with Gasteiger partial charge in [-0.05, 0) is 36.8 Å². The highest BCUT2D eigenvalue weighted by Gasteiger charge is 2.15. The number of hydrogen-bond acceptors (Lipinski definition) is 5. The number of anilines is 2. The molecule has 0 radical (unpaired) electrons. The highest BCUT2D eigenvalue weighted by Crippen LogP contribution is 2.19. The minimum Gasteiger partial charge on any atom is -0.308 e. The number of hydrazine groups is 1. The van der Waals surface area contributed by atoms with Crippen molar-refractivity contribution in [1.82, 2.24) is 4.98 Å². The molecular weight excluding hydrogens is 283 g/mol. The number of nitrogens with one attached hydrogen (secondary N) is 2. The highest BCUT2D eigenvalue weighted by molar-refractivity contribution is 7.92. The van der Waals surface area contributed by atoms with Gasteiger partial charge in [-0.2, -0.15) is 0 Å². The van der Waals surface area contributed by atoms with Crippen LogP contribution < -0.4 is 16.0 Å². The summed E-state index contributed by atoms with van der Waals surface area (Å²) in [4.78, 5) is 3.83. The summed E-state index contributed by atoms with van der Waals surface area (Å²) in [6, 6.07) is 6.59. The molecule has 0 bridgehead atoms. The molecule has 0 saturated heterocycles. The topological polar surface area (TPSA) is 97.1 Å². The van der Waals surface area contributed by atoms with Crippen molar-refractivity contribution >= 4 is 21.5 Å². The number of aromatic nitrogens is 1. The second kappa shape index (κ2) is 5.43. The van der Waals surface area contributed by atoms with E-state index < -0.39 is 15.8 Å². The van der Waals surface area contributed by atoms with Crippen LogP contribution in [0.15, 0.2) is 41.4 Å². The van der Waals surface area contributed by atoms with Crippen molar-refractivity contribution in [2.45, 2.75) is 11.8 Å². The zero-order valence-corrected chi connectivity index (χ0v) is 11.4.